The van der Waals surface area contributed by atoms with Crippen LogP contribution in [0.4, 0.5) is 0 Å². The summed E-state index contributed by atoms with van der Waals surface area (Å²) in [5.74, 6) is 1.68. The summed E-state index contributed by atoms with van der Waals surface area (Å²) in [7, 11) is 3.42. The number of fused-ring (bicyclic) bond motifs is 2. The van der Waals surface area contributed by atoms with Gasteiger partial charge in [0.1, 0.15) is 11.5 Å². The van der Waals surface area contributed by atoms with Gasteiger partial charge in [0, 0.05) is 5.56 Å². The second-order valence-electron chi connectivity index (χ2n) is 6.29. The molecule has 0 saturated heterocycles. The van der Waals surface area contributed by atoms with Crippen LogP contribution in [0.5, 0.6) is 11.5 Å². The van der Waals surface area contributed by atoms with E-state index in [0.717, 1.165) is 39.0 Å². The molecule has 0 spiro atoms. The smallest absolute Gasteiger partial charge is 0.125 e. The minimum atomic E-state index is -0.0514. The molecule has 136 valence electrons. The fraction of sp³-hybridized carbons (Fsp3) is 0.130. The first-order valence-corrected chi connectivity index (χ1v) is 10.4. The Morgan fingerprint density at radius 3 is 2.00 bits per heavy atom. The van der Waals surface area contributed by atoms with Crippen LogP contribution in [0.15, 0.2) is 66.7 Å². The SMILES string of the molecule is COc1cc(-c2c(C(Br)Br)c(OC)cc3ccccc23)c2ccccc2c1. The highest BCUT2D eigenvalue weighted by atomic mass is 79.9. The maximum Gasteiger partial charge on any atom is 0.125 e. The number of hydrogen-bond acceptors (Lipinski definition) is 2. The van der Waals surface area contributed by atoms with Crippen LogP contribution in [0, 0.1) is 0 Å². The normalized spacial score (nSPS) is 11.3. The minimum Gasteiger partial charge on any atom is -0.497 e. The summed E-state index contributed by atoms with van der Waals surface area (Å²) in [5.41, 5.74) is 3.33. The highest BCUT2D eigenvalue weighted by molar-refractivity contribution is 9.24. The molecule has 0 unspecified atom stereocenters. The van der Waals surface area contributed by atoms with Gasteiger partial charge < -0.3 is 9.47 Å². The van der Waals surface area contributed by atoms with Crippen LogP contribution in [0.25, 0.3) is 32.7 Å². The van der Waals surface area contributed by atoms with Gasteiger partial charge in [0.2, 0.25) is 0 Å². The number of rotatable bonds is 4. The number of hydrogen-bond donors (Lipinski definition) is 0. The first-order valence-electron chi connectivity index (χ1n) is 8.59. The highest BCUT2D eigenvalue weighted by Crippen LogP contribution is 2.48. The Kier molecular flexibility index (Phi) is 5.11. The molecule has 0 aliphatic carbocycles. The second kappa shape index (κ2) is 7.53. The molecule has 4 heteroatoms. The van der Waals surface area contributed by atoms with Crippen LogP contribution < -0.4 is 9.47 Å². The van der Waals surface area contributed by atoms with Gasteiger partial charge in [0.05, 0.1) is 18.0 Å². The van der Waals surface area contributed by atoms with Gasteiger partial charge >= 0.3 is 0 Å². The molecular formula is C23H18Br2O2. The number of halogens is 2. The van der Waals surface area contributed by atoms with Crippen LogP contribution in [-0.2, 0) is 0 Å². The molecule has 0 bridgehead atoms. The molecule has 0 heterocycles. The average Bonchev–Trinajstić information content (AvgIpc) is 2.71. The van der Waals surface area contributed by atoms with E-state index in [4.69, 9.17) is 9.47 Å². The number of ether oxygens (including phenoxy) is 2. The number of benzene rings is 4. The Balaban J connectivity index is 2.22. The lowest BCUT2D eigenvalue weighted by molar-refractivity contribution is 0.412. The molecular weight excluding hydrogens is 468 g/mol. The monoisotopic (exact) mass is 484 g/mol. The molecule has 0 fully saturated rings. The fourth-order valence-electron chi connectivity index (χ4n) is 3.62. The first kappa shape index (κ1) is 18.3. The van der Waals surface area contributed by atoms with Crippen molar-refractivity contribution in [1.82, 2.24) is 0 Å². The third-order valence-corrected chi connectivity index (χ3v) is 5.75. The molecule has 0 aromatic heterocycles. The summed E-state index contributed by atoms with van der Waals surface area (Å²) in [6.45, 7) is 0. The molecule has 0 aliphatic heterocycles. The Morgan fingerprint density at radius 1 is 0.741 bits per heavy atom. The maximum absolute atomic E-state index is 5.75. The summed E-state index contributed by atoms with van der Waals surface area (Å²) >= 11 is 7.43. The molecule has 0 amide bonds. The van der Waals surface area contributed by atoms with E-state index in [2.05, 4.69) is 92.5 Å². The average molecular weight is 486 g/mol. The summed E-state index contributed by atoms with van der Waals surface area (Å²) in [6, 6.07) is 23.0. The van der Waals surface area contributed by atoms with E-state index in [-0.39, 0.29) is 3.74 Å². The molecule has 4 aromatic carbocycles. The van der Waals surface area contributed by atoms with E-state index in [0.29, 0.717) is 0 Å². The van der Waals surface area contributed by atoms with Gasteiger partial charge in [-0.2, -0.15) is 0 Å². The van der Waals surface area contributed by atoms with E-state index in [1.807, 2.05) is 6.07 Å². The van der Waals surface area contributed by atoms with Crippen LogP contribution in [-0.4, -0.2) is 14.2 Å². The standard InChI is InChI=1S/C23H18Br2O2/c1-26-16-11-14-7-3-5-9-17(14)19(13-16)21-18-10-6-4-8-15(18)12-20(27-2)22(21)23(24)25/h3-13,23H,1-2H3. The van der Waals surface area contributed by atoms with Crippen LogP contribution in [0.1, 0.15) is 9.30 Å². The van der Waals surface area contributed by atoms with Crippen molar-refractivity contribution in [2.75, 3.05) is 14.2 Å². The third kappa shape index (κ3) is 3.21. The Labute approximate surface area is 175 Å². The van der Waals surface area contributed by atoms with E-state index < -0.39 is 0 Å². The summed E-state index contributed by atoms with van der Waals surface area (Å²) in [5, 5.41) is 4.64. The van der Waals surface area contributed by atoms with Gasteiger partial charge in [-0.15, -0.1) is 0 Å². The predicted octanol–water partition coefficient (Wildman–Crippen LogP) is 7.47. The van der Waals surface area contributed by atoms with Crippen LogP contribution >= 0.6 is 31.9 Å². The molecule has 4 aromatic rings. The summed E-state index contributed by atoms with van der Waals surface area (Å²) in [4.78, 5) is 0. The molecule has 2 nitrogen and oxygen atoms in total. The van der Waals surface area contributed by atoms with Crippen molar-refractivity contribution < 1.29 is 9.47 Å². The van der Waals surface area contributed by atoms with E-state index in [9.17, 15) is 0 Å². The van der Waals surface area contributed by atoms with Crippen molar-refractivity contribution in [3.63, 3.8) is 0 Å². The van der Waals surface area contributed by atoms with E-state index in [1.54, 1.807) is 14.2 Å². The number of methoxy groups -OCH3 is 2. The van der Waals surface area contributed by atoms with E-state index in [1.165, 1.54) is 10.8 Å². The highest BCUT2D eigenvalue weighted by Gasteiger charge is 2.22. The lowest BCUT2D eigenvalue weighted by Gasteiger charge is -2.20. The van der Waals surface area contributed by atoms with Gasteiger partial charge in [-0.25, -0.2) is 0 Å². The quantitative estimate of drug-likeness (QED) is 0.279. The second-order valence-corrected chi connectivity index (χ2v) is 9.35. The molecule has 0 saturated carbocycles. The van der Waals surface area contributed by atoms with Gasteiger partial charge in [0.25, 0.3) is 0 Å². The topological polar surface area (TPSA) is 18.5 Å². The fourth-order valence-corrected chi connectivity index (χ4v) is 4.53. The molecule has 0 aliphatic rings. The predicted molar refractivity (Wildman–Crippen MR) is 121 cm³/mol. The number of alkyl halides is 2. The largest absolute Gasteiger partial charge is 0.497 e. The molecule has 4 rings (SSSR count). The van der Waals surface area contributed by atoms with Crippen LogP contribution in [0.3, 0.4) is 0 Å². The molecule has 0 radical (unpaired) electrons. The molecule has 27 heavy (non-hydrogen) atoms. The van der Waals surface area contributed by atoms with Crippen molar-refractivity contribution in [2.45, 2.75) is 3.74 Å². The zero-order valence-corrected chi connectivity index (χ0v) is 18.2. The Morgan fingerprint density at radius 2 is 1.37 bits per heavy atom. The van der Waals surface area contributed by atoms with Crippen molar-refractivity contribution in [3.8, 4) is 22.6 Å². The molecule has 0 N–H and O–H groups in total. The summed E-state index contributed by atoms with van der Waals surface area (Å²) < 4.78 is 11.3. The minimum absolute atomic E-state index is 0.0514. The van der Waals surface area contributed by atoms with Gasteiger partial charge in [-0.3, -0.25) is 0 Å². The van der Waals surface area contributed by atoms with Crippen molar-refractivity contribution in [2.24, 2.45) is 0 Å². The van der Waals surface area contributed by atoms with Gasteiger partial charge in [-0.05, 0) is 50.9 Å². The Hall–Kier alpha value is -2.04. The zero-order chi connectivity index (χ0) is 19.0. The Bertz CT molecular complexity index is 1140. The first-order chi connectivity index (χ1) is 13.1. The third-order valence-electron chi connectivity index (χ3n) is 4.83. The maximum atomic E-state index is 5.75. The lowest BCUT2D eigenvalue weighted by atomic mass is 9.90. The van der Waals surface area contributed by atoms with Crippen molar-refractivity contribution in [1.29, 1.82) is 0 Å². The van der Waals surface area contributed by atoms with Gasteiger partial charge in [0.15, 0.2) is 0 Å². The summed E-state index contributed by atoms with van der Waals surface area (Å²) in [6.07, 6.45) is 0. The van der Waals surface area contributed by atoms with Crippen LogP contribution in [0.2, 0.25) is 0 Å². The van der Waals surface area contributed by atoms with Crippen molar-refractivity contribution in [3.05, 3.63) is 72.3 Å². The van der Waals surface area contributed by atoms with Crippen molar-refractivity contribution >= 4 is 53.4 Å². The lowest BCUT2D eigenvalue weighted by Crippen LogP contribution is -1.97. The zero-order valence-electron chi connectivity index (χ0n) is 15.0. The van der Waals surface area contributed by atoms with Gasteiger partial charge in [-0.1, -0.05) is 80.4 Å². The molecule has 0 atom stereocenters. The van der Waals surface area contributed by atoms with E-state index >= 15 is 0 Å².